The fraction of sp³-hybridized carbons (Fsp3) is 0.154. The van der Waals surface area contributed by atoms with Gasteiger partial charge in [-0.25, -0.2) is 0 Å². The van der Waals surface area contributed by atoms with Crippen LogP contribution in [0.3, 0.4) is 0 Å². The van der Waals surface area contributed by atoms with Gasteiger partial charge in [-0.1, -0.05) is 130 Å². The maximum Gasteiger partial charge on any atom is 0.0717 e. The fourth-order valence-electron chi connectivity index (χ4n) is 4.28. The lowest BCUT2D eigenvalue weighted by molar-refractivity contribution is 1.56. The summed E-state index contributed by atoms with van der Waals surface area (Å²) in [6, 6.07) is 13.6. The summed E-state index contributed by atoms with van der Waals surface area (Å²) in [4.78, 5) is 2.76. The number of hydrogen-bond acceptors (Lipinski definition) is 12. The van der Waals surface area contributed by atoms with E-state index in [1.807, 2.05) is 141 Å². The average molecular weight is 713 g/mol. The molecule has 6 aliphatic rings. The van der Waals surface area contributed by atoms with E-state index in [9.17, 15) is 0 Å². The van der Waals surface area contributed by atoms with E-state index in [4.69, 9.17) is 0 Å². The maximum atomic E-state index is 2.38. The Bertz CT molecular complexity index is 1420. The van der Waals surface area contributed by atoms with Crippen LogP contribution in [0.25, 0.3) is 20.6 Å². The van der Waals surface area contributed by atoms with Crippen LogP contribution in [0.5, 0.6) is 0 Å². The first-order chi connectivity index (χ1) is 18.8. The van der Waals surface area contributed by atoms with E-state index >= 15 is 0 Å². The molecule has 0 nitrogen and oxygen atoms in total. The topological polar surface area (TPSA) is 0 Å². The van der Waals surface area contributed by atoms with E-state index in [1.165, 1.54) is 88.6 Å². The lowest BCUT2D eigenvalue weighted by Gasteiger charge is -2.13. The van der Waals surface area contributed by atoms with Gasteiger partial charge >= 0.3 is 0 Å². The summed E-state index contributed by atoms with van der Waals surface area (Å²) in [5.74, 6) is 4.95. The molecule has 2 aromatic rings. The molecule has 192 valence electrons. The third-order valence-corrected chi connectivity index (χ3v) is 23.3. The molecular weight excluding hydrogens is 697 g/mol. The Morgan fingerprint density at radius 3 is 1.26 bits per heavy atom. The minimum absolute atomic E-state index is 1.24. The molecule has 0 unspecified atom stereocenters. The van der Waals surface area contributed by atoms with Gasteiger partial charge in [0.25, 0.3) is 0 Å². The molecule has 12 heteroatoms. The number of rotatable bonds is 2. The van der Waals surface area contributed by atoms with Gasteiger partial charge in [0.05, 0.1) is 33.9 Å². The van der Waals surface area contributed by atoms with Crippen LogP contribution in [0.4, 0.5) is 0 Å². The number of fused-ring (bicyclic) bond motifs is 1. The Labute approximate surface area is 273 Å². The van der Waals surface area contributed by atoms with E-state index in [0.717, 1.165) is 0 Å². The van der Waals surface area contributed by atoms with E-state index < -0.39 is 0 Å². The van der Waals surface area contributed by atoms with E-state index in [-0.39, 0.29) is 0 Å². The van der Waals surface area contributed by atoms with Crippen molar-refractivity contribution in [2.75, 3.05) is 23.0 Å². The van der Waals surface area contributed by atoms with Gasteiger partial charge in [-0.05, 0) is 32.7 Å². The molecule has 6 aliphatic heterocycles. The molecule has 0 aliphatic carbocycles. The van der Waals surface area contributed by atoms with Crippen molar-refractivity contribution in [1.82, 2.24) is 0 Å². The molecule has 0 N–H and O–H groups in total. The molecule has 0 spiro atoms. The van der Waals surface area contributed by atoms with Gasteiger partial charge in [-0.15, -0.1) is 47.0 Å². The van der Waals surface area contributed by atoms with Gasteiger partial charge in [0, 0.05) is 32.8 Å². The number of benzene rings is 2. The molecule has 8 rings (SSSR count). The normalized spacial score (nSPS) is 23.6. The van der Waals surface area contributed by atoms with Crippen LogP contribution in [0.1, 0.15) is 11.1 Å². The van der Waals surface area contributed by atoms with Gasteiger partial charge in [0.2, 0.25) is 0 Å². The largest absolute Gasteiger partial charge is 0.116 e. The molecule has 6 heterocycles. The molecule has 0 fully saturated rings. The fourth-order valence-corrected chi connectivity index (χ4v) is 21.5. The minimum atomic E-state index is 1.24. The number of hydrogen-bond donors (Lipinski definition) is 0. The highest BCUT2D eigenvalue weighted by molar-refractivity contribution is 8.44. The van der Waals surface area contributed by atoms with Crippen LogP contribution in [0.15, 0.2) is 81.1 Å². The van der Waals surface area contributed by atoms with Crippen molar-refractivity contribution in [1.29, 1.82) is 0 Å². The molecule has 38 heavy (non-hydrogen) atoms. The lowest BCUT2D eigenvalue weighted by Crippen LogP contribution is -1.88. The Hall–Kier alpha value is 1.34. The Balaban J connectivity index is 1.08. The highest BCUT2D eigenvalue weighted by Gasteiger charge is 2.32. The molecule has 0 bridgehead atoms. The van der Waals surface area contributed by atoms with Crippen molar-refractivity contribution >= 4 is 162 Å². The molecule has 0 aromatic heterocycles. The molecule has 0 radical (unpaired) electrons. The molecule has 0 amide bonds. The summed E-state index contributed by atoms with van der Waals surface area (Å²) in [6.07, 6.45) is 0. The Kier molecular flexibility index (Phi) is 8.35. The monoisotopic (exact) mass is 712 g/mol. The van der Waals surface area contributed by atoms with Gasteiger partial charge in [0.15, 0.2) is 0 Å². The predicted octanol–water partition coefficient (Wildman–Crippen LogP) is 12.8. The van der Waals surface area contributed by atoms with Crippen LogP contribution in [-0.2, 0) is 0 Å². The van der Waals surface area contributed by atoms with E-state index in [2.05, 4.69) is 47.2 Å². The highest BCUT2D eigenvalue weighted by atomic mass is 32.3. The van der Waals surface area contributed by atoms with Gasteiger partial charge in [-0.2, -0.15) is 0 Å². The van der Waals surface area contributed by atoms with Crippen molar-refractivity contribution in [2.45, 2.75) is 0 Å². The van der Waals surface area contributed by atoms with Crippen molar-refractivity contribution in [3.8, 4) is 0 Å². The van der Waals surface area contributed by atoms with Crippen molar-refractivity contribution in [3.05, 3.63) is 92.2 Å². The smallest absolute Gasteiger partial charge is 0.0717 e. The summed E-state index contributed by atoms with van der Waals surface area (Å²) < 4.78 is 11.9. The second kappa shape index (κ2) is 11.8. The van der Waals surface area contributed by atoms with Crippen LogP contribution in [0.2, 0.25) is 0 Å². The molecule has 0 atom stereocenters. The average Bonchev–Trinajstić information content (AvgIpc) is 3.77. The maximum absolute atomic E-state index is 2.38. The first-order valence-corrected chi connectivity index (χ1v) is 22.2. The zero-order chi connectivity index (χ0) is 25.1. The van der Waals surface area contributed by atoms with Gasteiger partial charge in [0.1, 0.15) is 0 Å². The van der Waals surface area contributed by atoms with Crippen molar-refractivity contribution in [3.63, 3.8) is 0 Å². The van der Waals surface area contributed by atoms with Crippen molar-refractivity contribution < 1.29 is 0 Å². The second-order valence-electron chi connectivity index (χ2n) is 8.22. The first-order valence-electron chi connectivity index (χ1n) is 11.6. The third kappa shape index (κ3) is 5.20. The third-order valence-electron chi connectivity index (χ3n) is 5.89. The highest BCUT2D eigenvalue weighted by Crippen LogP contribution is 2.66. The summed E-state index contributed by atoms with van der Waals surface area (Å²) in [5, 5.41) is 7.47. The van der Waals surface area contributed by atoms with E-state index in [1.54, 1.807) is 0 Å². The SMILES string of the molecule is C1=C(c2cccc3cccc(C4=CSC(=C5SC6=C(SCCS6)S5)S4)c23)SC(=C2SC3=C(SCCS3)S2)S1. The Morgan fingerprint density at radius 2 is 0.842 bits per heavy atom. The predicted molar refractivity (Wildman–Crippen MR) is 199 cm³/mol. The van der Waals surface area contributed by atoms with E-state index in [0.29, 0.717) is 0 Å². The van der Waals surface area contributed by atoms with Crippen LogP contribution in [-0.4, -0.2) is 23.0 Å². The second-order valence-corrected chi connectivity index (χ2v) is 22.6. The summed E-state index contributed by atoms with van der Waals surface area (Å²) >= 11 is 23.9. The quantitative estimate of drug-likeness (QED) is 0.291. The zero-order valence-electron chi connectivity index (χ0n) is 19.3. The molecular formula is C26H16S12. The van der Waals surface area contributed by atoms with Crippen LogP contribution >= 0.6 is 141 Å². The first kappa shape index (κ1) is 26.9. The molecule has 0 saturated carbocycles. The summed E-state index contributed by atoms with van der Waals surface area (Å²) in [7, 11) is 0. The summed E-state index contributed by atoms with van der Waals surface area (Å²) in [5.41, 5.74) is 2.73. The molecule has 0 saturated heterocycles. The Morgan fingerprint density at radius 1 is 0.421 bits per heavy atom. The lowest BCUT2D eigenvalue weighted by atomic mass is 9.99. The van der Waals surface area contributed by atoms with Gasteiger partial charge in [-0.3, -0.25) is 0 Å². The number of thioether (sulfide) groups is 12. The molecule has 2 aromatic carbocycles. The van der Waals surface area contributed by atoms with Crippen LogP contribution < -0.4 is 0 Å². The zero-order valence-corrected chi connectivity index (χ0v) is 29.1. The minimum Gasteiger partial charge on any atom is -0.116 e. The summed E-state index contributed by atoms with van der Waals surface area (Å²) in [6.45, 7) is 0. The standard InChI is InChI=1S/C26H16S12/c1-3-13-4-2-6-15(17-12-32-24(34-17)26-37-21-22(38-26)30-10-9-29-21)18(13)14(5-1)16-11-31-23(33-16)25-35-19-20(36-25)28-8-7-27-19/h1-6,11-12H,7-10H2. The van der Waals surface area contributed by atoms with Gasteiger partial charge < -0.3 is 0 Å². The van der Waals surface area contributed by atoms with Crippen LogP contribution in [0, 0.1) is 0 Å². The van der Waals surface area contributed by atoms with Crippen molar-refractivity contribution in [2.24, 2.45) is 0 Å².